The Hall–Kier alpha value is -0.800. The lowest BCUT2D eigenvalue weighted by Crippen LogP contribution is -2.32. The standard InChI is InChI=1S/C12H18BrN5OS/c1-8-16-9(7-20-8)5-11(17-14)12-10(13)6-15-18(12)3-4-19-2/h6-7,11,17H,3-5,14H2,1-2H3. The van der Waals surface area contributed by atoms with Crippen molar-refractivity contribution in [1.29, 1.82) is 0 Å². The molecular weight excluding hydrogens is 342 g/mol. The fourth-order valence-corrected chi connectivity index (χ4v) is 3.22. The summed E-state index contributed by atoms with van der Waals surface area (Å²) in [5.74, 6) is 5.72. The van der Waals surface area contributed by atoms with Crippen molar-refractivity contribution in [3.8, 4) is 0 Å². The Balaban J connectivity index is 2.20. The van der Waals surface area contributed by atoms with Crippen LogP contribution in [0.25, 0.3) is 0 Å². The molecule has 20 heavy (non-hydrogen) atoms. The fourth-order valence-electron chi connectivity index (χ4n) is 2.02. The SMILES string of the molecule is COCCn1ncc(Br)c1C(Cc1csc(C)n1)NN. The summed E-state index contributed by atoms with van der Waals surface area (Å²) in [4.78, 5) is 4.48. The van der Waals surface area contributed by atoms with Gasteiger partial charge in [0.05, 0.1) is 46.3 Å². The Morgan fingerprint density at radius 2 is 2.40 bits per heavy atom. The molecule has 0 bridgehead atoms. The third kappa shape index (κ3) is 3.64. The van der Waals surface area contributed by atoms with E-state index in [0.717, 1.165) is 27.3 Å². The van der Waals surface area contributed by atoms with Gasteiger partial charge >= 0.3 is 0 Å². The van der Waals surface area contributed by atoms with Gasteiger partial charge in [-0.2, -0.15) is 5.10 Å². The van der Waals surface area contributed by atoms with Crippen LogP contribution in [0, 0.1) is 6.92 Å². The molecule has 2 heterocycles. The first-order valence-electron chi connectivity index (χ1n) is 6.23. The third-order valence-corrected chi connectivity index (χ3v) is 4.38. The lowest BCUT2D eigenvalue weighted by atomic mass is 10.1. The molecule has 0 aliphatic carbocycles. The molecule has 110 valence electrons. The van der Waals surface area contributed by atoms with E-state index in [9.17, 15) is 0 Å². The molecule has 2 rings (SSSR count). The summed E-state index contributed by atoms with van der Waals surface area (Å²) in [6.45, 7) is 3.29. The highest BCUT2D eigenvalue weighted by atomic mass is 79.9. The van der Waals surface area contributed by atoms with Crippen molar-refractivity contribution in [2.24, 2.45) is 5.84 Å². The van der Waals surface area contributed by atoms with Gasteiger partial charge in [-0.05, 0) is 22.9 Å². The second kappa shape index (κ2) is 7.28. The van der Waals surface area contributed by atoms with Crippen LogP contribution >= 0.6 is 27.3 Å². The monoisotopic (exact) mass is 359 g/mol. The number of hydrazine groups is 1. The first-order valence-corrected chi connectivity index (χ1v) is 7.90. The molecule has 0 saturated carbocycles. The summed E-state index contributed by atoms with van der Waals surface area (Å²) < 4.78 is 7.94. The van der Waals surface area contributed by atoms with Gasteiger partial charge in [0.2, 0.25) is 0 Å². The topological polar surface area (TPSA) is 78.0 Å². The lowest BCUT2D eigenvalue weighted by molar-refractivity contribution is 0.181. The predicted molar refractivity (Wildman–Crippen MR) is 82.4 cm³/mol. The number of nitrogens with two attached hydrogens (primary N) is 1. The number of nitrogens with zero attached hydrogens (tertiary/aromatic N) is 3. The Labute approximate surface area is 130 Å². The molecule has 6 nitrogen and oxygen atoms in total. The molecule has 0 fully saturated rings. The van der Waals surface area contributed by atoms with Crippen molar-refractivity contribution < 1.29 is 4.74 Å². The highest BCUT2D eigenvalue weighted by molar-refractivity contribution is 9.10. The average Bonchev–Trinajstić information content (AvgIpc) is 3.00. The van der Waals surface area contributed by atoms with E-state index < -0.39 is 0 Å². The average molecular weight is 360 g/mol. The predicted octanol–water partition coefficient (Wildman–Crippen LogP) is 1.80. The van der Waals surface area contributed by atoms with E-state index in [2.05, 4.69) is 36.8 Å². The van der Waals surface area contributed by atoms with Crippen molar-refractivity contribution in [2.45, 2.75) is 25.9 Å². The van der Waals surface area contributed by atoms with E-state index in [1.54, 1.807) is 24.6 Å². The van der Waals surface area contributed by atoms with Crippen LogP contribution in [0.5, 0.6) is 0 Å². The van der Waals surface area contributed by atoms with Crippen LogP contribution < -0.4 is 11.3 Å². The van der Waals surface area contributed by atoms with Crippen LogP contribution in [0.2, 0.25) is 0 Å². The maximum Gasteiger partial charge on any atom is 0.0897 e. The Morgan fingerprint density at radius 1 is 1.60 bits per heavy atom. The van der Waals surface area contributed by atoms with E-state index in [1.165, 1.54) is 0 Å². The van der Waals surface area contributed by atoms with Gasteiger partial charge in [-0.3, -0.25) is 16.0 Å². The van der Waals surface area contributed by atoms with Gasteiger partial charge < -0.3 is 4.74 Å². The van der Waals surface area contributed by atoms with Gasteiger partial charge in [0, 0.05) is 18.9 Å². The molecule has 2 aromatic heterocycles. The number of hydrogen-bond acceptors (Lipinski definition) is 6. The van der Waals surface area contributed by atoms with E-state index in [0.29, 0.717) is 13.2 Å². The quantitative estimate of drug-likeness (QED) is 0.582. The van der Waals surface area contributed by atoms with E-state index in [4.69, 9.17) is 10.6 Å². The van der Waals surface area contributed by atoms with Gasteiger partial charge in [-0.15, -0.1) is 11.3 Å². The summed E-state index contributed by atoms with van der Waals surface area (Å²) in [5, 5.41) is 7.46. The van der Waals surface area contributed by atoms with E-state index in [-0.39, 0.29) is 6.04 Å². The molecule has 0 saturated heterocycles. The molecule has 3 N–H and O–H groups in total. The van der Waals surface area contributed by atoms with Crippen LogP contribution in [0.1, 0.15) is 22.4 Å². The molecule has 0 aliphatic heterocycles. The molecule has 0 amide bonds. The summed E-state index contributed by atoms with van der Waals surface area (Å²) >= 11 is 5.17. The van der Waals surface area contributed by atoms with Crippen molar-refractivity contribution >= 4 is 27.3 Å². The number of halogens is 1. The van der Waals surface area contributed by atoms with E-state index >= 15 is 0 Å². The molecule has 0 spiro atoms. The number of nitrogens with one attached hydrogen (secondary N) is 1. The third-order valence-electron chi connectivity index (χ3n) is 2.95. The molecule has 0 aliphatic rings. The Bertz CT molecular complexity index is 556. The number of ether oxygens (including phenoxy) is 1. The van der Waals surface area contributed by atoms with Crippen LogP contribution in [0.15, 0.2) is 16.0 Å². The number of aryl methyl sites for hydroxylation is 1. The minimum absolute atomic E-state index is 0.0507. The molecule has 2 aromatic rings. The van der Waals surface area contributed by atoms with Crippen molar-refractivity contribution in [1.82, 2.24) is 20.2 Å². The number of thiazole rings is 1. The Kier molecular flexibility index (Phi) is 5.67. The fraction of sp³-hybridized carbons (Fsp3) is 0.500. The smallest absolute Gasteiger partial charge is 0.0897 e. The first-order chi connectivity index (χ1) is 9.65. The van der Waals surface area contributed by atoms with Crippen LogP contribution in [0.3, 0.4) is 0 Å². The van der Waals surface area contributed by atoms with Gasteiger partial charge in [0.1, 0.15) is 0 Å². The highest BCUT2D eigenvalue weighted by Crippen LogP contribution is 2.26. The van der Waals surface area contributed by atoms with Crippen molar-refractivity contribution in [3.63, 3.8) is 0 Å². The van der Waals surface area contributed by atoms with Crippen molar-refractivity contribution in [2.75, 3.05) is 13.7 Å². The number of rotatable bonds is 7. The molecule has 0 aromatic carbocycles. The van der Waals surface area contributed by atoms with Gasteiger partial charge in [-0.1, -0.05) is 0 Å². The second-order valence-corrected chi connectivity index (χ2v) is 6.29. The lowest BCUT2D eigenvalue weighted by Gasteiger charge is -2.17. The zero-order valence-corrected chi connectivity index (χ0v) is 13.9. The molecule has 0 radical (unpaired) electrons. The summed E-state index contributed by atoms with van der Waals surface area (Å²) in [6, 6.07) is -0.0507. The normalized spacial score (nSPS) is 12.8. The molecule has 1 unspecified atom stereocenters. The summed E-state index contributed by atoms with van der Waals surface area (Å²) in [5.41, 5.74) is 4.89. The minimum atomic E-state index is -0.0507. The van der Waals surface area contributed by atoms with Gasteiger partial charge in [-0.25, -0.2) is 4.98 Å². The summed E-state index contributed by atoms with van der Waals surface area (Å²) in [6.07, 6.45) is 2.50. The zero-order chi connectivity index (χ0) is 14.5. The van der Waals surface area contributed by atoms with Gasteiger partial charge in [0.15, 0.2) is 0 Å². The van der Waals surface area contributed by atoms with Crippen LogP contribution in [-0.4, -0.2) is 28.5 Å². The first kappa shape index (κ1) is 15.6. The zero-order valence-electron chi connectivity index (χ0n) is 11.5. The minimum Gasteiger partial charge on any atom is -0.383 e. The van der Waals surface area contributed by atoms with Crippen molar-refractivity contribution in [3.05, 3.63) is 32.4 Å². The summed E-state index contributed by atoms with van der Waals surface area (Å²) in [7, 11) is 1.68. The maximum atomic E-state index is 5.72. The van der Waals surface area contributed by atoms with Gasteiger partial charge in [0.25, 0.3) is 0 Å². The molecular formula is C12H18BrN5OS. The number of hydrogen-bond donors (Lipinski definition) is 2. The Morgan fingerprint density at radius 3 is 3.00 bits per heavy atom. The number of aromatic nitrogens is 3. The highest BCUT2D eigenvalue weighted by Gasteiger charge is 2.20. The maximum absolute atomic E-state index is 5.72. The molecule has 1 atom stereocenters. The number of methoxy groups -OCH3 is 1. The second-order valence-electron chi connectivity index (χ2n) is 4.37. The van der Waals surface area contributed by atoms with Crippen LogP contribution in [-0.2, 0) is 17.7 Å². The van der Waals surface area contributed by atoms with Crippen LogP contribution in [0.4, 0.5) is 0 Å². The largest absolute Gasteiger partial charge is 0.383 e. The molecule has 8 heteroatoms. The van der Waals surface area contributed by atoms with E-state index in [1.807, 2.05) is 11.6 Å².